The molecule has 0 aliphatic carbocycles. The first kappa shape index (κ1) is 23.1. The van der Waals surface area contributed by atoms with E-state index in [0.29, 0.717) is 22.7 Å². The van der Waals surface area contributed by atoms with Gasteiger partial charge < -0.3 is 9.47 Å². The van der Waals surface area contributed by atoms with E-state index in [-0.39, 0.29) is 6.54 Å². The number of nitrogens with zero attached hydrogens (tertiary/aromatic N) is 5. The van der Waals surface area contributed by atoms with Gasteiger partial charge in [0.15, 0.2) is 11.2 Å². The minimum Gasteiger partial charge on any atom is -0.336 e. The van der Waals surface area contributed by atoms with Crippen LogP contribution in [0.2, 0.25) is 5.02 Å². The first-order chi connectivity index (χ1) is 16.8. The highest BCUT2D eigenvalue weighted by Gasteiger charge is 2.22. The van der Waals surface area contributed by atoms with Gasteiger partial charge in [0, 0.05) is 35.5 Å². The molecule has 0 saturated carbocycles. The molecular formula is C26H22ClN5O2S. The third-order valence-corrected chi connectivity index (χ3v) is 7.26. The summed E-state index contributed by atoms with van der Waals surface area (Å²) in [7, 11) is 3.33. The molecule has 0 spiro atoms. The number of imidazole rings is 1. The number of rotatable bonds is 3. The molecule has 0 saturated heterocycles. The molecule has 0 unspecified atom stereocenters. The Bertz CT molecular complexity index is 1690. The predicted molar refractivity (Wildman–Crippen MR) is 141 cm³/mol. The summed E-state index contributed by atoms with van der Waals surface area (Å²) in [4.78, 5) is 34.2. The lowest BCUT2D eigenvalue weighted by Gasteiger charge is -2.32. The SMILES string of the molecule is C/C(C#CCn1c(=O)c2c(ncn2C)n(C)c1=O)=C\CN1c2ccccc2Sc2ccc(Cl)cc21. The van der Waals surface area contributed by atoms with Crippen molar-refractivity contribution in [3.8, 4) is 11.8 Å². The molecule has 0 atom stereocenters. The topological polar surface area (TPSA) is 65.1 Å². The highest BCUT2D eigenvalue weighted by Crippen LogP contribution is 2.48. The Morgan fingerprint density at radius 1 is 1.11 bits per heavy atom. The number of halogens is 1. The number of aromatic nitrogens is 4. The standard InChI is InChI=1S/C26H22ClN5O2S/c1-17(7-6-13-32-25(33)23-24(28-16-29(23)2)30(3)26(32)34)12-14-31-19-8-4-5-9-21(19)35-22-11-10-18(27)15-20(22)31/h4-5,8-12,15-16H,13-14H2,1-3H3/b17-12+. The Kier molecular flexibility index (Phi) is 6.05. The van der Waals surface area contributed by atoms with Crippen LogP contribution in [0.1, 0.15) is 6.92 Å². The molecule has 1 aliphatic heterocycles. The third kappa shape index (κ3) is 4.18. The van der Waals surface area contributed by atoms with Gasteiger partial charge in [-0.1, -0.05) is 53.4 Å². The molecular weight excluding hydrogens is 482 g/mol. The maximum Gasteiger partial charge on any atom is 0.333 e. The van der Waals surface area contributed by atoms with Gasteiger partial charge in [-0.15, -0.1) is 0 Å². The first-order valence-corrected chi connectivity index (χ1v) is 12.1. The van der Waals surface area contributed by atoms with Crippen molar-refractivity contribution in [3.05, 3.63) is 86.3 Å². The van der Waals surface area contributed by atoms with Gasteiger partial charge in [0.25, 0.3) is 5.56 Å². The van der Waals surface area contributed by atoms with Crippen molar-refractivity contribution < 1.29 is 0 Å². The second kappa shape index (κ2) is 9.17. The van der Waals surface area contributed by atoms with E-state index in [9.17, 15) is 9.59 Å². The average molecular weight is 504 g/mol. The normalized spacial score (nSPS) is 12.8. The summed E-state index contributed by atoms with van der Waals surface area (Å²) in [6.45, 7) is 2.52. The Labute approximate surface area is 211 Å². The van der Waals surface area contributed by atoms with Crippen molar-refractivity contribution in [2.45, 2.75) is 23.3 Å². The number of hydrogen-bond acceptors (Lipinski definition) is 5. The summed E-state index contributed by atoms with van der Waals surface area (Å²) >= 11 is 8.03. The van der Waals surface area contributed by atoms with Crippen LogP contribution in [0, 0.1) is 11.8 Å². The maximum atomic E-state index is 12.8. The van der Waals surface area contributed by atoms with E-state index in [1.165, 1.54) is 15.8 Å². The van der Waals surface area contributed by atoms with Gasteiger partial charge >= 0.3 is 5.69 Å². The molecule has 9 heteroatoms. The lowest BCUT2D eigenvalue weighted by Crippen LogP contribution is -2.39. The van der Waals surface area contributed by atoms with Gasteiger partial charge in [0.2, 0.25) is 0 Å². The summed E-state index contributed by atoms with van der Waals surface area (Å²) in [5, 5.41) is 0.687. The molecule has 7 nitrogen and oxygen atoms in total. The highest BCUT2D eigenvalue weighted by molar-refractivity contribution is 7.99. The van der Waals surface area contributed by atoms with Crippen molar-refractivity contribution >= 4 is 45.9 Å². The van der Waals surface area contributed by atoms with Gasteiger partial charge in [-0.25, -0.2) is 14.3 Å². The number of benzene rings is 2. The zero-order valence-electron chi connectivity index (χ0n) is 19.4. The summed E-state index contributed by atoms with van der Waals surface area (Å²) in [5.74, 6) is 6.06. The Balaban J connectivity index is 1.42. The van der Waals surface area contributed by atoms with Crippen molar-refractivity contribution in [1.29, 1.82) is 0 Å². The van der Waals surface area contributed by atoms with Gasteiger partial charge in [-0.2, -0.15) is 0 Å². The molecule has 0 N–H and O–H groups in total. The predicted octanol–water partition coefficient (Wildman–Crippen LogP) is 4.34. The second-order valence-corrected chi connectivity index (χ2v) is 9.76. The quantitative estimate of drug-likeness (QED) is 0.389. The minimum atomic E-state index is -0.437. The van der Waals surface area contributed by atoms with E-state index in [1.807, 2.05) is 43.3 Å². The fraction of sp³-hybridized carbons (Fsp3) is 0.192. The minimum absolute atomic E-state index is 0.000560. The second-order valence-electron chi connectivity index (χ2n) is 8.24. The van der Waals surface area contributed by atoms with Crippen LogP contribution < -0.4 is 16.1 Å². The fourth-order valence-corrected chi connectivity index (χ4v) is 5.31. The molecule has 5 rings (SSSR count). The molecule has 4 aromatic rings. The zero-order valence-corrected chi connectivity index (χ0v) is 21.0. The van der Waals surface area contributed by atoms with E-state index in [0.717, 1.165) is 26.4 Å². The monoisotopic (exact) mass is 503 g/mol. The molecule has 0 fully saturated rings. The third-order valence-electron chi connectivity index (χ3n) is 5.89. The largest absolute Gasteiger partial charge is 0.336 e. The van der Waals surface area contributed by atoms with Crippen molar-refractivity contribution in [2.24, 2.45) is 14.1 Å². The molecule has 2 aromatic carbocycles. The van der Waals surface area contributed by atoms with Gasteiger partial charge in [-0.3, -0.25) is 9.36 Å². The lowest BCUT2D eigenvalue weighted by atomic mass is 10.2. The Morgan fingerprint density at radius 2 is 1.89 bits per heavy atom. The van der Waals surface area contributed by atoms with Crippen LogP contribution >= 0.6 is 23.4 Å². The van der Waals surface area contributed by atoms with Crippen LogP contribution in [0.15, 0.2) is 79.8 Å². The van der Waals surface area contributed by atoms with Gasteiger partial charge in [-0.05, 0) is 42.8 Å². The number of anilines is 2. The van der Waals surface area contributed by atoms with Crippen molar-refractivity contribution in [3.63, 3.8) is 0 Å². The van der Waals surface area contributed by atoms with E-state index in [1.54, 1.807) is 30.4 Å². The smallest absolute Gasteiger partial charge is 0.333 e. The van der Waals surface area contributed by atoms with Crippen LogP contribution in [-0.4, -0.2) is 25.2 Å². The van der Waals surface area contributed by atoms with E-state index < -0.39 is 11.2 Å². The number of fused-ring (bicyclic) bond motifs is 3. The van der Waals surface area contributed by atoms with Crippen LogP contribution in [0.25, 0.3) is 11.2 Å². The first-order valence-electron chi connectivity index (χ1n) is 11.0. The van der Waals surface area contributed by atoms with Crippen molar-refractivity contribution in [2.75, 3.05) is 11.4 Å². The van der Waals surface area contributed by atoms with E-state index in [4.69, 9.17) is 11.6 Å². The van der Waals surface area contributed by atoms with Gasteiger partial charge in [0.1, 0.15) is 0 Å². The number of para-hydroxylation sites is 1. The van der Waals surface area contributed by atoms with E-state index in [2.05, 4.69) is 33.9 Å². The zero-order chi connectivity index (χ0) is 24.7. The summed E-state index contributed by atoms with van der Waals surface area (Å²) in [6.07, 6.45) is 3.56. The van der Waals surface area contributed by atoms with Crippen LogP contribution in [-0.2, 0) is 20.6 Å². The fourth-order valence-electron chi connectivity index (χ4n) is 4.07. The molecule has 2 aromatic heterocycles. The highest BCUT2D eigenvalue weighted by atomic mass is 35.5. The number of hydrogen-bond donors (Lipinski definition) is 0. The van der Waals surface area contributed by atoms with Gasteiger partial charge in [0.05, 0.1) is 24.2 Å². The number of aryl methyl sites for hydroxylation is 2. The summed E-state index contributed by atoms with van der Waals surface area (Å²) in [5.41, 5.74) is 2.92. The molecule has 0 bridgehead atoms. The summed E-state index contributed by atoms with van der Waals surface area (Å²) in [6, 6.07) is 14.2. The molecule has 35 heavy (non-hydrogen) atoms. The molecule has 176 valence electrons. The Hall–Kier alpha value is -3.67. The van der Waals surface area contributed by atoms with Crippen molar-refractivity contribution in [1.82, 2.24) is 18.7 Å². The Morgan fingerprint density at radius 3 is 2.71 bits per heavy atom. The molecule has 0 radical (unpaired) electrons. The maximum absolute atomic E-state index is 12.8. The molecule has 1 aliphatic rings. The summed E-state index contributed by atoms with van der Waals surface area (Å²) < 4.78 is 4.13. The van der Waals surface area contributed by atoms with Crippen LogP contribution in [0.5, 0.6) is 0 Å². The lowest BCUT2D eigenvalue weighted by molar-refractivity contribution is 0.673. The van der Waals surface area contributed by atoms with Crippen LogP contribution in [0.3, 0.4) is 0 Å². The molecule has 3 heterocycles. The van der Waals surface area contributed by atoms with Crippen LogP contribution in [0.4, 0.5) is 11.4 Å². The average Bonchev–Trinajstić information content (AvgIpc) is 3.24. The molecule has 0 amide bonds. The van der Waals surface area contributed by atoms with E-state index >= 15 is 0 Å². The number of allylic oxidation sites excluding steroid dienone is 1.